The molecule has 5 amide bonds. The highest BCUT2D eigenvalue weighted by Crippen LogP contribution is 2.25. The second-order valence-electron chi connectivity index (χ2n) is 13.6. The molecule has 61 heavy (non-hydrogen) atoms. The minimum atomic E-state index is -3.27. The summed E-state index contributed by atoms with van der Waals surface area (Å²) in [5.74, 6) is -5.26. The quantitative estimate of drug-likeness (QED) is 0.139. The van der Waals surface area contributed by atoms with Gasteiger partial charge in [0, 0.05) is 59.8 Å². The molecule has 0 bridgehead atoms. The minimum absolute atomic E-state index is 0.0500. The average Bonchev–Trinajstić information content (AvgIpc) is 3.27. The van der Waals surface area contributed by atoms with E-state index in [-0.39, 0.29) is 59.4 Å². The molecule has 0 atom stereocenters. The lowest BCUT2D eigenvalue weighted by Gasteiger charge is -2.33. The van der Waals surface area contributed by atoms with Crippen molar-refractivity contribution in [2.45, 2.75) is 19.5 Å². The third kappa shape index (κ3) is 12.6. The van der Waals surface area contributed by atoms with Crippen molar-refractivity contribution in [1.29, 1.82) is 0 Å². The molecule has 19 heteroatoms. The lowest BCUT2D eigenvalue weighted by atomic mass is 10.1. The van der Waals surface area contributed by atoms with Crippen LogP contribution in [0.15, 0.2) is 84.9 Å². The number of benzene rings is 4. The van der Waals surface area contributed by atoms with Crippen molar-refractivity contribution in [1.82, 2.24) is 15.1 Å². The molecule has 4 aromatic carbocycles. The number of alkyl halides is 2. The summed E-state index contributed by atoms with van der Waals surface area (Å²) in [5, 5.41) is 1.76. The van der Waals surface area contributed by atoms with Gasteiger partial charge < -0.3 is 30.3 Å². The third-order valence-electron chi connectivity index (χ3n) is 9.48. The molecule has 0 spiro atoms. The molecule has 0 saturated carbocycles. The second-order valence-corrected chi connectivity index (χ2v) is 13.6. The molecule has 2 aliphatic heterocycles. The molecule has 0 radical (unpaired) electrons. The van der Waals surface area contributed by atoms with Crippen LogP contribution >= 0.6 is 0 Å². The van der Waals surface area contributed by atoms with Gasteiger partial charge in [-0.05, 0) is 48.5 Å². The van der Waals surface area contributed by atoms with Gasteiger partial charge in [-0.15, -0.1) is 0 Å². The largest absolute Gasteiger partial charge is 0.378 e. The van der Waals surface area contributed by atoms with Crippen LogP contribution in [-0.4, -0.2) is 111 Å². The number of Topliss-reactive ketones (excluding diaryl/α,β-unsaturated/α-hetero) is 2. The summed E-state index contributed by atoms with van der Waals surface area (Å²) in [6.07, 6.45) is -3.27. The van der Waals surface area contributed by atoms with E-state index in [1.807, 2.05) is 0 Å². The fraction of sp³-hybridized carbons (Fsp3) is 0.310. The number of amides is 5. The fourth-order valence-electron chi connectivity index (χ4n) is 6.18. The lowest BCUT2D eigenvalue weighted by molar-refractivity contribution is -0.131. The predicted octanol–water partition coefficient (Wildman–Crippen LogP) is 5.55. The van der Waals surface area contributed by atoms with E-state index >= 15 is 0 Å². The van der Waals surface area contributed by atoms with E-state index in [1.165, 1.54) is 75.4 Å². The van der Waals surface area contributed by atoms with Gasteiger partial charge in [-0.2, -0.15) is 8.78 Å². The highest BCUT2D eigenvalue weighted by Gasteiger charge is 2.28. The van der Waals surface area contributed by atoms with E-state index in [0.717, 1.165) is 18.2 Å². The molecule has 4 aromatic rings. The average molecular weight is 857 g/mol. The van der Waals surface area contributed by atoms with Crippen LogP contribution in [0.2, 0.25) is 0 Å². The zero-order chi connectivity index (χ0) is 44.1. The summed E-state index contributed by atoms with van der Waals surface area (Å²) in [7, 11) is 0. The molecule has 0 aromatic heterocycles. The summed E-state index contributed by atoms with van der Waals surface area (Å²) in [4.78, 5) is 66.4. The van der Waals surface area contributed by atoms with Gasteiger partial charge in [0.1, 0.15) is 23.3 Å². The van der Waals surface area contributed by atoms with Crippen molar-refractivity contribution in [2.75, 3.05) is 75.5 Å². The van der Waals surface area contributed by atoms with Crippen molar-refractivity contribution in [3.05, 3.63) is 130 Å². The smallest absolute Gasteiger partial charge is 0.324 e. The van der Waals surface area contributed by atoms with Gasteiger partial charge in [0.15, 0.2) is 11.6 Å². The van der Waals surface area contributed by atoms with E-state index in [2.05, 4.69) is 0 Å². The molecule has 13 nitrogen and oxygen atoms in total. The molecular formula is C42H42F6N6O7. The van der Waals surface area contributed by atoms with Crippen LogP contribution in [-0.2, 0) is 27.4 Å². The first kappa shape index (κ1) is 45.8. The van der Waals surface area contributed by atoms with E-state index < -0.39 is 54.0 Å². The van der Waals surface area contributed by atoms with E-state index in [0.29, 0.717) is 58.3 Å². The first-order valence-electron chi connectivity index (χ1n) is 18.9. The Hall–Kier alpha value is -6.31. The SMILES string of the molecule is NCC(=O)c1ccc(CN(C(=O)N2CCOCC2)c2cccc(F)c2)c(F)c1.O=C(CNC(=O)C(F)F)c1ccc(CN(C(=O)N2CCOCC2)c2cccc(F)c2)c(F)c1. The van der Waals surface area contributed by atoms with Crippen LogP contribution in [0.25, 0.3) is 0 Å². The first-order chi connectivity index (χ1) is 29.2. The Kier molecular flexibility index (Phi) is 16.4. The van der Waals surface area contributed by atoms with Gasteiger partial charge in [-0.3, -0.25) is 24.2 Å². The monoisotopic (exact) mass is 856 g/mol. The van der Waals surface area contributed by atoms with Crippen LogP contribution in [0.4, 0.5) is 47.3 Å². The van der Waals surface area contributed by atoms with Crippen molar-refractivity contribution < 1.29 is 59.8 Å². The molecule has 2 saturated heterocycles. The summed E-state index contributed by atoms with van der Waals surface area (Å²) >= 11 is 0. The number of ketones is 2. The fourth-order valence-corrected chi connectivity index (χ4v) is 6.18. The Morgan fingerprint density at radius 1 is 0.623 bits per heavy atom. The molecular weight excluding hydrogens is 814 g/mol. The van der Waals surface area contributed by atoms with Crippen molar-refractivity contribution in [2.24, 2.45) is 5.73 Å². The zero-order valence-corrected chi connectivity index (χ0v) is 32.6. The number of urea groups is 2. The lowest BCUT2D eigenvalue weighted by Crippen LogP contribution is -2.48. The molecule has 2 heterocycles. The Labute approximate surface area is 346 Å². The topological polar surface area (TPSA) is 155 Å². The maximum atomic E-state index is 14.8. The second kappa shape index (κ2) is 21.8. The van der Waals surface area contributed by atoms with Gasteiger partial charge in [-0.25, -0.2) is 27.2 Å². The summed E-state index contributed by atoms with van der Waals surface area (Å²) < 4.78 is 91.9. The molecule has 3 N–H and O–H groups in total. The number of nitrogens with two attached hydrogens (primary N) is 1. The molecule has 0 aliphatic carbocycles. The Morgan fingerprint density at radius 3 is 1.43 bits per heavy atom. The maximum Gasteiger partial charge on any atom is 0.324 e. The van der Waals surface area contributed by atoms with E-state index in [4.69, 9.17) is 15.2 Å². The number of carbonyl (C=O) groups is 5. The van der Waals surface area contributed by atoms with Crippen LogP contribution in [0, 0.1) is 23.3 Å². The zero-order valence-electron chi connectivity index (χ0n) is 32.6. The number of nitrogens with one attached hydrogen (secondary N) is 1. The number of carbonyl (C=O) groups excluding carboxylic acids is 5. The highest BCUT2D eigenvalue weighted by molar-refractivity contribution is 6.00. The summed E-state index contributed by atoms with van der Waals surface area (Å²) in [5.41, 5.74) is 6.14. The van der Waals surface area contributed by atoms with Crippen LogP contribution in [0.5, 0.6) is 0 Å². The number of hydrogen-bond acceptors (Lipinski definition) is 8. The van der Waals surface area contributed by atoms with Gasteiger partial charge in [0.25, 0.3) is 5.91 Å². The molecule has 0 unspecified atom stereocenters. The standard InChI is InChI=1S/C22H21F4N3O4.C20H21F2N3O3/c23-16-2-1-3-17(11-16)29(22(32)28-6-8-33-9-7-28)13-15-5-4-14(10-18(15)24)19(30)12-27-21(31)20(25)26;21-16-2-1-3-17(11-16)25(20(27)24-6-8-28-9-7-24)13-15-5-4-14(10-18(15)22)19(26)12-23/h1-5,10-11,20H,6-9,12-13H2,(H,27,31);1-5,10-11H,6-9,12-13,23H2. The van der Waals surface area contributed by atoms with E-state index in [9.17, 15) is 50.3 Å². The number of anilines is 2. The van der Waals surface area contributed by atoms with Gasteiger partial charge in [0.05, 0.1) is 52.6 Å². The van der Waals surface area contributed by atoms with Crippen LogP contribution in [0.3, 0.4) is 0 Å². The minimum Gasteiger partial charge on any atom is -0.378 e. The highest BCUT2D eigenvalue weighted by atomic mass is 19.3. The van der Waals surface area contributed by atoms with Crippen LogP contribution < -0.4 is 20.9 Å². The number of nitrogens with zero attached hydrogens (tertiary/aromatic N) is 4. The third-order valence-corrected chi connectivity index (χ3v) is 9.48. The van der Waals surface area contributed by atoms with Gasteiger partial charge in [-0.1, -0.05) is 36.4 Å². The Balaban J connectivity index is 0.000000234. The van der Waals surface area contributed by atoms with Crippen molar-refractivity contribution >= 4 is 40.9 Å². The van der Waals surface area contributed by atoms with Crippen molar-refractivity contribution in [3.63, 3.8) is 0 Å². The van der Waals surface area contributed by atoms with Gasteiger partial charge >= 0.3 is 18.5 Å². The molecule has 324 valence electrons. The van der Waals surface area contributed by atoms with Crippen molar-refractivity contribution in [3.8, 4) is 0 Å². The number of ether oxygens (including phenoxy) is 2. The Bertz CT molecular complexity index is 2200. The number of morpholine rings is 2. The molecule has 6 rings (SSSR count). The first-order valence-corrected chi connectivity index (χ1v) is 18.9. The number of rotatable bonds is 12. The normalized spacial score (nSPS) is 13.8. The predicted molar refractivity (Wildman–Crippen MR) is 210 cm³/mol. The van der Waals surface area contributed by atoms with Gasteiger partial charge in [0.2, 0.25) is 0 Å². The number of halogens is 6. The number of hydrogen-bond donors (Lipinski definition) is 2. The van der Waals surface area contributed by atoms with Crippen LogP contribution in [0.1, 0.15) is 31.8 Å². The Morgan fingerprint density at radius 2 is 1.05 bits per heavy atom. The molecule has 2 aliphatic rings. The van der Waals surface area contributed by atoms with E-state index in [1.54, 1.807) is 16.3 Å². The maximum absolute atomic E-state index is 14.8. The summed E-state index contributed by atoms with van der Waals surface area (Å²) in [6, 6.07) is 17.5. The molecule has 2 fully saturated rings. The summed E-state index contributed by atoms with van der Waals surface area (Å²) in [6.45, 7) is 1.66.